The standard InChI is InChI=1S/C31H34N2O5S2/c1-40(36,37)32-29-20-26(14-17-31(29)38-22-25-8-4-2-5-9-25)30(35)21-33(23-34)19-18-24-12-15-28(16-13-24)39-27-10-6-3-7-11-27/h2-17,20,30,32,34-35H,18-19,21-23H2,1H3. The normalized spacial score (nSPS) is 12.3. The Hall–Kier alpha value is -3.34. The fraction of sp³-hybridized carbons (Fsp3) is 0.226. The summed E-state index contributed by atoms with van der Waals surface area (Å²) in [6, 6.07) is 33.0. The van der Waals surface area contributed by atoms with E-state index in [1.54, 1.807) is 34.9 Å². The topological polar surface area (TPSA) is 99.1 Å². The van der Waals surface area contributed by atoms with E-state index in [0.717, 1.165) is 22.3 Å². The maximum Gasteiger partial charge on any atom is 0.229 e. The summed E-state index contributed by atoms with van der Waals surface area (Å²) in [7, 11) is -3.58. The van der Waals surface area contributed by atoms with Crippen molar-refractivity contribution >= 4 is 27.5 Å². The Morgan fingerprint density at radius 3 is 2.17 bits per heavy atom. The molecule has 9 heteroatoms. The Labute approximate surface area is 240 Å². The van der Waals surface area contributed by atoms with Gasteiger partial charge in [0.15, 0.2) is 0 Å². The van der Waals surface area contributed by atoms with Crippen molar-refractivity contribution in [2.75, 3.05) is 30.8 Å². The third-order valence-electron chi connectivity index (χ3n) is 6.17. The van der Waals surface area contributed by atoms with Crippen molar-refractivity contribution in [3.05, 3.63) is 120 Å². The molecule has 0 aliphatic heterocycles. The lowest BCUT2D eigenvalue weighted by Gasteiger charge is -2.24. The van der Waals surface area contributed by atoms with Gasteiger partial charge in [-0.05, 0) is 59.5 Å². The average molecular weight is 579 g/mol. The van der Waals surface area contributed by atoms with E-state index in [2.05, 4.69) is 41.1 Å². The summed E-state index contributed by atoms with van der Waals surface area (Å²) in [5.41, 5.74) is 2.84. The highest BCUT2D eigenvalue weighted by Crippen LogP contribution is 2.31. The molecular weight excluding hydrogens is 544 g/mol. The zero-order valence-corrected chi connectivity index (χ0v) is 23.9. The summed E-state index contributed by atoms with van der Waals surface area (Å²) in [4.78, 5) is 4.08. The van der Waals surface area contributed by atoms with Crippen LogP contribution in [0.4, 0.5) is 5.69 Å². The van der Waals surface area contributed by atoms with Gasteiger partial charge in [0.05, 0.1) is 24.8 Å². The molecule has 4 rings (SSSR count). The van der Waals surface area contributed by atoms with Gasteiger partial charge >= 0.3 is 0 Å². The van der Waals surface area contributed by atoms with Crippen LogP contribution < -0.4 is 9.46 Å². The number of rotatable bonds is 14. The Bertz CT molecular complexity index is 1450. The number of hydrogen-bond donors (Lipinski definition) is 3. The number of aliphatic hydroxyl groups is 2. The van der Waals surface area contributed by atoms with E-state index in [1.165, 1.54) is 4.90 Å². The van der Waals surface area contributed by atoms with Crippen molar-refractivity contribution in [3.8, 4) is 5.75 Å². The van der Waals surface area contributed by atoms with E-state index < -0.39 is 16.1 Å². The van der Waals surface area contributed by atoms with Gasteiger partial charge in [-0.25, -0.2) is 8.42 Å². The number of hydrogen-bond acceptors (Lipinski definition) is 7. The summed E-state index contributed by atoms with van der Waals surface area (Å²) in [6.07, 6.45) is 0.828. The molecule has 0 aliphatic rings. The highest BCUT2D eigenvalue weighted by Gasteiger charge is 2.17. The minimum absolute atomic E-state index is 0.182. The first kappa shape index (κ1) is 29.6. The lowest BCUT2D eigenvalue weighted by Crippen LogP contribution is -2.31. The predicted octanol–water partition coefficient (Wildman–Crippen LogP) is 5.32. The predicted molar refractivity (Wildman–Crippen MR) is 160 cm³/mol. The molecular formula is C31H34N2O5S2. The lowest BCUT2D eigenvalue weighted by molar-refractivity contribution is 0.0525. The summed E-state index contributed by atoms with van der Waals surface area (Å²) in [6.45, 7) is 0.781. The largest absolute Gasteiger partial charge is 0.487 e. The number of ether oxygens (including phenoxy) is 1. The average Bonchev–Trinajstić information content (AvgIpc) is 2.95. The van der Waals surface area contributed by atoms with Crippen LogP contribution in [0.3, 0.4) is 0 Å². The van der Waals surface area contributed by atoms with Gasteiger partial charge in [0.1, 0.15) is 12.4 Å². The Balaban J connectivity index is 1.36. The molecule has 0 saturated carbocycles. The smallest absolute Gasteiger partial charge is 0.229 e. The molecule has 0 spiro atoms. The van der Waals surface area contributed by atoms with Gasteiger partial charge in [0, 0.05) is 22.9 Å². The summed E-state index contributed by atoms with van der Waals surface area (Å²) >= 11 is 1.70. The van der Waals surface area contributed by atoms with Gasteiger partial charge in [-0.2, -0.15) is 0 Å². The molecule has 0 bridgehead atoms. The molecule has 0 aliphatic carbocycles. The third kappa shape index (κ3) is 9.39. The quantitative estimate of drug-likeness (QED) is 0.174. The van der Waals surface area contributed by atoms with Crippen LogP contribution in [0.15, 0.2) is 113 Å². The molecule has 1 atom stereocenters. The maximum atomic E-state index is 12.0. The number of anilines is 1. The van der Waals surface area contributed by atoms with Crippen molar-refractivity contribution in [2.24, 2.45) is 0 Å². The highest BCUT2D eigenvalue weighted by molar-refractivity contribution is 7.99. The van der Waals surface area contributed by atoms with Gasteiger partial charge < -0.3 is 14.9 Å². The van der Waals surface area contributed by atoms with Crippen LogP contribution >= 0.6 is 11.8 Å². The first-order valence-electron chi connectivity index (χ1n) is 12.9. The second kappa shape index (κ2) is 14.3. The van der Waals surface area contributed by atoms with Gasteiger partial charge in [-0.15, -0.1) is 0 Å². The molecule has 1 unspecified atom stereocenters. The van der Waals surface area contributed by atoms with Crippen LogP contribution in [0.25, 0.3) is 0 Å². The Kier molecular flexibility index (Phi) is 10.6. The fourth-order valence-corrected chi connectivity index (χ4v) is 5.50. The minimum Gasteiger partial charge on any atom is -0.487 e. The summed E-state index contributed by atoms with van der Waals surface area (Å²) in [5, 5.41) is 20.9. The van der Waals surface area contributed by atoms with Crippen LogP contribution in [0, 0.1) is 0 Å². The summed E-state index contributed by atoms with van der Waals surface area (Å²) < 4.78 is 32.3. The first-order valence-corrected chi connectivity index (χ1v) is 15.6. The Morgan fingerprint density at radius 1 is 0.875 bits per heavy atom. The van der Waals surface area contributed by atoms with Crippen molar-refractivity contribution in [2.45, 2.75) is 28.9 Å². The molecule has 0 aromatic heterocycles. The van der Waals surface area contributed by atoms with E-state index in [0.29, 0.717) is 24.3 Å². The molecule has 0 fully saturated rings. The van der Waals surface area contributed by atoms with Gasteiger partial charge in [0.25, 0.3) is 0 Å². The first-order chi connectivity index (χ1) is 19.3. The van der Waals surface area contributed by atoms with Crippen molar-refractivity contribution in [1.82, 2.24) is 4.90 Å². The fourth-order valence-electron chi connectivity index (χ4n) is 4.10. The maximum absolute atomic E-state index is 12.0. The van der Waals surface area contributed by atoms with Gasteiger partial charge in [-0.1, -0.05) is 78.5 Å². The molecule has 0 heterocycles. The molecule has 4 aromatic rings. The van der Waals surface area contributed by atoms with Crippen molar-refractivity contribution in [1.29, 1.82) is 0 Å². The molecule has 0 saturated heterocycles. The number of benzene rings is 4. The van der Waals surface area contributed by atoms with Crippen LogP contribution in [-0.4, -0.2) is 49.6 Å². The number of sulfonamides is 1. The molecule has 210 valence electrons. The van der Waals surface area contributed by atoms with Crippen molar-refractivity contribution < 1.29 is 23.4 Å². The van der Waals surface area contributed by atoms with Crippen LogP contribution in [0.1, 0.15) is 22.8 Å². The summed E-state index contributed by atoms with van der Waals surface area (Å²) in [5.74, 6) is 0.359. The zero-order valence-electron chi connectivity index (χ0n) is 22.3. The van der Waals surface area contributed by atoms with Gasteiger partial charge in [-0.3, -0.25) is 9.62 Å². The number of nitrogens with zero attached hydrogens (tertiary/aromatic N) is 1. The Morgan fingerprint density at radius 2 is 1.52 bits per heavy atom. The van der Waals surface area contributed by atoms with Crippen LogP contribution in [0.2, 0.25) is 0 Å². The molecule has 7 nitrogen and oxygen atoms in total. The van der Waals surface area contributed by atoms with E-state index in [-0.39, 0.29) is 25.6 Å². The monoisotopic (exact) mass is 578 g/mol. The molecule has 0 radical (unpaired) electrons. The number of aliphatic hydroxyl groups excluding tert-OH is 2. The molecule has 40 heavy (non-hydrogen) atoms. The number of nitrogens with one attached hydrogen (secondary N) is 1. The second-order valence-electron chi connectivity index (χ2n) is 9.45. The third-order valence-corrected chi connectivity index (χ3v) is 7.78. The zero-order chi connectivity index (χ0) is 28.4. The lowest BCUT2D eigenvalue weighted by atomic mass is 10.1. The van der Waals surface area contributed by atoms with Crippen molar-refractivity contribution in [3.63, 3.8) is 0 Å². The van der Waals surface area contributed by atoms with Crippen LogP contribution in [0.5, 0.6) is 5.75 Å². The molecule has 4 aromatic carbocycles. The molecule has 3 N–H and O–H groups in total. The van der Waals surface area contributed by atoms with Gasteiger partial charge in [0.2, 0.25) is 10.0 Å². The van der Waals surface area contributed by atoms with E-state index in [4.69, 9.17) is 4.74 Å². The van der Waals surface area contributed by atoms with E-state index >= 15 is 0 Å². The van der Waals surface area contributed by atoms with E-state index in [1.807, 2.05) is 48.5 Å². The SMILES string of the molecule is CS(=O)(=O)Nc1cc(C(O)CN(CO)CCc2ccc(Sc3ccccc3)cc2)ccc1OCc1ccccc1. The highest BCUT2D eigenvalue weighted by atomic mass is 32.2. The minimum atomic E-state index is -3.58. The molecule has 0 amide bonds. The second-order valence-corrected chi connectivity index (χ2v) is 12.3. The van der Waals surface area contributed by atoms with Crippen LogP contribution in [-0.2, 0) is 23.1 Å². The van der Waals surface area contributed by atoms with E-state index in [9.17, 15) is 18.6 Å².